The number of amides is 1. The van der Waals surface area contributed by atoms with Crippen LogP contribution in [0.3, 0.4) is 0 Å². The molecule has 22 heavy (non-hydrogen) atoms. The van der Waals surface area contributed by atoms with Gasteiger partial charge in [0.2, 0.25) is 0 Å². The molecule has 2 aliphatic heterocycles. The number of nitrogens with one attached hydrogen (secondary N) is 1. The molecule has 1 amide bonds. The second-order valence-corrected chi connectivity index (χ2v) is 5.46. The van der Waals surface area contributed by atoms with Gasteiger partial charge in [0, 0.05) is 25.1 Å². The fourth-order valence-electron chi connectivity index (χ4n) is 2.84. The van der Waals surface area contributed by atoms with E-state index in [-0.39, 0.29) is 24.4 Å². The second kappa shape index (κ2) is 5.92. The van der Waals surface area contributed by atoms with E-state index in [2.05, 4.69) is 10.1 Å². The number of ether oxygens (including phenoxy) is 2. The summed E-state index contributed by atoms with van der Waals surface area (Å²) in [6.07, 6.45) is -0.494. The highest BCUT2D eigenvalue weighted by atomic mass is 19.1. The minimum absolute atomic E-state index is 0.210. The Hall–Kier alpha value is -2.15. The van der Waals surface area contributed by atoms with Crippen molar-refractivity contribution in [2.24, 2.45) is 0 Å². The van der Waals surface area contributed by atoms with Crippen molar-refractivity contribution in [2.45, 2.75) is 31.7 Å². The van der Waals surface area contributed by atoms with Gasteiger partial charge in [0.05, 0.1) is 13.7 Å². The number of benzene rings is 1. The first-order chi connectivity index (χ1) is 10.6. The van der Waals surface area contributed by atoms with E-state index in [4.69, 9.17) is 4.74 Å². The summed E-state index contributed by atoms with van der Waals surface area (Å²) >= 11 is 0. The SMILES string of the molecule is COC(=O)[C@@H]1C[C@@H](OC(=O)N2Cc3cccc(F)c3C2)CN1. The van der Waals surface area contributed by atoms with E-state index in [9.17, 15) is 14.0 Å². The smallest absolute Gasteiger partial charge is 0.410 e. The minimum atomic E-state index is -0.493. The number of esters is 1. The lowest BCUT2D eigenvalue weighted by atomic mass is 10.1. The zero-order valence-electron chi connectivity index (χ0n) is 12.2. The lowest BCUT2D eigenvalue weighted by molar-refractivity contribution is -0.142. The number of carbonyl (C=O) groups excluding carboxylic acids is 2. The molecule has 0 bridgehead atoms. The largest absolute Gasteiger partial charge is 0.468 e. The first-order valence-corrected chi connectivity index (χ1v) is 7.11. The van der Waals surface area contributed by atoms with Crippen LogP contribution in [0.5, 0.6) is 0 Å². The average Bonchev–Trinajstić information content (AvgIpc) is 3.13. The molecule has 118 valence electrons. The Morgan fingerprint density at radius 3 is 2.91 bits per heavy atom. The Balaban J connectivity index is 1.56. The maximum Gasteiger partial charge on any atom is 0.410 e. The van der Waals surface area contributed by atoms with Crippen molar-refractivity contribution < 1.29 is 23.5 Å². The van der Waals surface area contributed by atoms with Crippen LogP contribution in [-0.2, 0) is 27.4 Å². The van der Waals surface area contributed by atoms with E-state index in [1.165, 1.54) is 18.1 Å². The summed E-state index contributed by atoms with van der Waals surface area (Å²) in [5, 5.41) is 2.95. The molecule has 2 heterocycles. The molecule has 7 heteroatoms. The first kappa shape index (κ1) is 14.8. The van der Waals surface area contributed by atoms with E-state index in [1.807, 2.05) is 0 Å². The molecule has 0 radical (unpaired) electrons. The van der Waals surface area contributed by atoms with Gasteiger partial charge in [0.15, 0.2) is 0 Å². The van der Waals surface area contributed by atoms with Crippen molar-refractivity contribution in [1.29, 1.82) is 0 Å². The van der Waals surface area contributed by atoms with Gasteiger partial charge in [0.25, 0.3) is 0 Å². The number of carbonyl (C=O) groups is 2. The number of fused-ring (bicyclic) bond motifs is 1. The molecule has 1 saturated heterocycles. The Bertz CT molecular complexity index is 607. The molecular formula is C15H17FN2O4. The van der Waals surface area contributed by atoms with Crippen molar-refractivity contribution in [2.75, 3.05) is 13.7 Å². The van der Waals surface area contributed by atoms with Gasteiger partial charge in [-0.2, -0.15) is 0 Å². The number of nitrogens with zero attached hydrogens (tertiary/aromatic N) is 1. The molecule has 2 atom stereocenters. The normalized spacial score (nSPS) is 23.3. The van der Waals surface area contributed by atoms with Gasteiger partial charge in [-0.1, -0.05) is 12.1 Å². The number of hydrogen-bond donors (Lipinski definition) is 1. The molecular weight excluding hydrogens is 291 g/mol. The van der Waals surface area contributed by atoms with Gasteiger partial charge in [-0.3, -0.25) is 9.69 Å². The standard InChI is InChI=1S/C15H17FN2O4/c1-21-14(19)13-5-10(6-17-13)22-15(20)18-7-9-3-2-4-12(16)11(9)8-18/h2-4,10,13,17H,5-8H2,1H3/t10-,13+/m1/s1. The maximum absolute atomic E-state index is 13.7. The van der Waals surface area contributed by atoms with Crippen LogP contribution in [0.1, 0.15) is 17.5 Å². The van der Waals surface area contributed by atoms with E-state index < -0.39 is 12.1 Å². The van der Waals surface area contributed by atoms with Crippen molar-refractivity contribution >= 4 is 12.1 Å². The molecule has 6 nitrogen and oxygen atoms in total. The summed E-state index contributed by atoms with van der Waals surface area (Å²) in [5.74, 6) is -0.671. The van der Waals surface area contributed by atoms with Crippen LogP contribution >= 0.6 is 0 Å². The van der Waals surface area contributed by atoms with Gasteiger partial charge in [-0.05, 0) is 11.6 Å². The minimum Gasteiger partial charge on any atom is -0.468 e. The maximum atomic E-state index is 13.7. The molecule has 1 aromatic carbocycles. The highest BCUT2D eigenvalue weighted by molar-refractivity contribution is 5.76. The number of halogens is 1. The number of rotatable bonds is 2. The van der Waals surface area contributed by atoms with Crippen molar-refractivity contribution in [1.82, 2.24) is 10.2 Å². The van der Waals surface area contributed by atoms with Crippen molar-refractivity contribution in [3.05, 3.63) is 35.1 Å². The Kier molecular flexibility index (Phi) is 3.98. The van der Waals surface area contributed by atoms with Gasteiger partial charge in [-0.15, -0.1) is 0 Å². The van der Waals surface area contributed by atoms with E-state index in [1.54, 1.807) is 12.1 Å². The zero-order chi connectivity index (χ0) is 15.7. The lowest BCUT2D eigenvalue weighted by Gasteiger charge is -2.18. The quantitative estimate of drug-likeness (QED) is 0.831. The first-order valence-electron chi connectivity index (χ1n) is 7.11. The third-order valence-corrected chi connectivity index (χ3v) is 4.03. The van der Waals surface area contributed by atoms with Crippen LogP contribution in [0.25, 0.3) is 0 Å². The van der Waals surface area contributed by atoms with Crippen LogP contribution in [0.4, 0.5) is 9.18 Å². The predicted octanol–water partition coefficient (Wildman–Crippen LogP) is 1.18. The highest BCUT2D eigenvalue weighted by Gasteiger charge is 2.34. The van der Waals surface area contributed by atoms with E-state index >= 15 is 0 Å². The van der Waals surface area contributed by atoms with E-state index in [0.29, 0.717) is 25.1 Å². The third-order valence-electron chi connectivity index (χ3n) is 4.03. The van der Waals surface area contributed by atoms with Crippen molar-refractivity contribution in [3.63, 3.8) is 0 Å². The molecule has 0 unspecified atom stereocenters. The lowest BCUT2D eigenvalue weighted by Crippen LogP contribution is -2.31. The summed E-state index contributed by atoms with van der Waals surface area (Å²) in [4.78, 5) is 25.0. The van der Waals surface area contributed by atoms with Crippen LogP contribution in [-0.4, -0.2) is 42.8 Å². The molecule has 1 fully saturated rings. The average molecular weight is 308 g/mol. The molecule has 1 aromatic rings. The fourth-order valence-corrected chi connectivity index (χ4v) is 2.84. The van der Waals surface area contributed by atoms with Crippen LogP contribution in [0.15, 0.2) is 18.2 Å². The Morgan fingerprint density at radius 2 is 2.18 bits per heavy atom. The zero-order valence-corrected chi connectivity index (χ0v) is 12.2. The third kappa shape index (κ3) is 2.76. The van der Waals surface area contributed by atoms with Gasteiger partial charge in [0.1, 0.15) is 18.0 Å². The Morgan fingerprint density at radius 1 is 1.36 bits per heavy atom. The molecule has 1 N–H and O–H groups in total. The highest BCUT2D eigenvalue weighted by Crippen LogP contribution is 2.26. The van der Waals surface area contributed by atoms with Crippen LogP contribution in [0, 0.1) is 5.82 Å². The number of hydrogen-bond acceptors (Lipinski definition) is 5. The summed E-state index contributed by atoms with van der Waals surface area (Å²) in [6, 6.07) is 4.37. The van der Waals surface area contributed by atoms with E-state index in [0.717, 1.165) is 5.56 Å². The topological polar surface area (TPSA) is 67.9 Å². The number of methoxy groups -OCH3 is 1. The van der Waals surface area contributed by atoms with Gasteiger partial charge < -0.3 is 14.8 Å². The molecule has 3 rings (SSSR count). The van der Waals surface area contributed by atoms with Crippen LogP contribution < -0.4 is 5.32 Å². The predicted molar refractivity (Wildman–Crippen MR) is 74.3 cm³/mol. The van der Waals surface area contributed by atoms with Gasteiger partial charge in [-0.25, -0.2) is 9.18 Å². The molecule has 0 spiro atoms. The summed E-state index contributed by atoms with van der Waals surface area (Å²) in [7, 11) is 1.32. The molecule has 0 aliphatic carbocycles. The summed E-state index contributed by atoms with van der Waals surface area (Å²) in [5.41, 5.74) is 1.34. The molecule has 0 aromatic heterocycles. The van der Waals surface area contributed by atoms with Crippen LogP contribution in [0.2, 0.25) is 0 Å². The monoisotopic (exact) mass is 308 g/mol. The summed E-state index contributed by atoms with van der Waals surface area (Å²) in [6.45, 7) is 0.953. The second-order valence-electron chi connectivity index (χ2n) is 5.46. The summed E-state index contributed by atoms with van der Waals surface area (Å²) < 4.78 is 23.7. The van der Waals surface area contributed by atoms with Crippen molar-refractivity contribution in [3.8, 4) is 0 Å². The fraction of sp³-hybridized carbons (Fsp3) is 0.467. The van der Waals surface area contributed by atoms with Gasteiger partial charge >= 0.3 is 12.1 Å². The molecule has 2 aliphatic rings. The molecule has 0 saturated carbocycles. The Labute approximate surface area is 127 Å².